The maximum absolute atomic E-state index is 11.8. The van der Waals surface area contributed by atoms with E-state index in [1.807, 2.05) is 6.08 Å². The molecule has 72 valence electrons. The minimum atomic E-state index is 0.290. The molecule has 0 aromatic carbocycles. The molecule has 2 heteroatoms. The quantitative estimate of drug-likeness (QED) is 0.666. The molecule has 0 aliphatic heterocycles. The van der Waals surface area contributed by atoms with E-state index >= 15 is 0 Å². The van der Waals surface area contributed by atoms with Crippen LogP contribution in [-0.2, 0) is 4.79 Å². The number of rotatable bonds is 2. The molecule has 2 nitrogen and oxygen atoms in total. The summed E-state index contributed by atoms with van der Waals surface area (Å²) in [4.78, 5) is 11.8. The van der Waals surface area contributed by atoms with Gasteiger partial charge in [-0.15, -0.1) is 0 Å². The summed E-state index contributed by atoms with van der Waals surface area (Å²) in [7, 11) is 0. The number of carbonyl (C=O) groups is 1. The molecule has 1 fully saturated rings. The topological polar surface area (TPSA) is 40.9 Å². The Kier molecular flexibility index (Phi) is 2.49. The number of allylic oxidation sites excluding steroid dienone is 4. The van der Waals surface area contributed by atoms with Gasteiger partial charge in [-0.1, -0.05) is 12.5 Å². The van der Waals surface area contributed by atoms with E-state index in [-0.39, 0.29) is 0 Å². The SMILES string of the molecule is N#CC1=CC=C(C(=O)C2CCC2)CC1. The Morgan fingerprint density at radius 1 is 1.36 bits per heavy atom. The molecule has 0 N–H and O–H groups in total. The van der Waals surface area contributed by atoms with Gasteiger partial charge in [0.25, 0.3) is 0 Å². The van der Waals surface area contributed by atoms with E-state index in [0.29, 0.717) is 11.7 Å². The summed E-state index contributed by atoms with van der Waals surface area (Å²) in [6.07, 6.45) is 8.44. The van der Waals surface area contributed by atoms with Crippen molar-refractivity contribution in [3.05, 3.63) is 23.3 Å². The van der Waals surface area contributed by atoms with E-state index in [9.17, 15) is 4.79 Å². The highest BCUT2D eigenvalue weighted by molar-refractivity contribution is 5.98. The number of ketones is 1. The third-order valence-electron chi connectivity index (χ3n) is 3.09. The molecule has 14 heavy (non-hydrogen) atoms. The predicted molar refractivity (Wildman–Crippen MR) is 53.4 cm³/mol. The lowest BCUT2D eigenvalue weighted by molar-refractivity contribution is -0.121. The fraction of sp³-hybridized carbons (Fsp3) is 0.500. The van der Waals surface area contributed by atoms with Crippen molar-refractivity contribution in [1.82, 2.24) is 0 Å². The van der Waals surface area contributed by atoms with Crippen LogP contribution in [0.3, 0.4) is 0 Å². The van der Waals surface area contributed by atoms with E-state index in [0.717, 1.165) is 36.8 Å². The van der Waals surface area contributed by atoms with Crippen molar-refractivity contribution in [1.29, 1.82) is 5.26 Å². The second kappa shape index (κ2) is 3.79. The van der Waals surface area contributed by atoms with Crippen LogP contribution in [0.2, 0.25) is 0 Å². The molecule has 0 bridgehead atoms. The molecule has 0 radical (unpaired) electrons. The number of nitriles is 1. The van der Waals surface area contributed by atoms with Crippen LogP contribution >= 0.6 is 0 Å². The van der Waals surface area contributed by atoms with Gasteiger partial charge in [0.2, 0.25) is 0 Å². The van der Waals surface area contributed by atoms with Gasteiger partial charge in [-0.25, -0.2) is 0 Å². The molecule has 0 amide bonds. The molecule has 0 saturated heterocycles. The summed E-state index contributed by atoms with van der Waals surface area (Å²) in [6, 6.07) is 2.13. The van der Waals surface area contributed by atoms with Crippen LogP contribution in [0.1, 0.15) is 32.1 Å². The standard InChI is InChI=1S/C12H13NO/c13-8-9-4-6-11(7-5-9)12(14)10-2-1-3-10/h4,6,10H,1-3,5,7H2. The Hall–Kier alpha value is -1.36. The van der Waals surface area contributed by atoms with Gasteiger partial charge in [0, 0.05) is 11.5 Å². The zero-order valence-electron chi connectivity index (χ0n) is 8.12. The highest BCUT2D eigenvalue weighted by Crippen LogP contribution is 2.32. The molecule has 2 aliphatic rings. The van der Waals surface area contributed by atoms with Gasteiger partial charge >= 0.3 is 0 Å². The molecule has 0 spiro atoms. The smallest absolute Gasteiger partial charge is 0.161 e. The first-order chi connectivity index (χ1) is 6.81. The van der Waals surface area contributed by atoms with E-state index in [1.54, 1.807) is 6.08 Å². The molecular weight excluding hydrogens is 174 g/mol. The fourth-order valence-electron chi connectivity index (χ4n) is 1.87. The van der Waals surface area contributed by atoms with Crippen molar-refractivity contribution in [3.63, 3.8) is 0 Å². The van der Waals surface area contributed by atoms with Crippen LogP contribution in [0, 0.1) is 17.2 Å². The summed E-state index contributed by atoms with van der Waals surface area (Å²) < 4.78 is 0. The van der Waals surface area contributed by atoms with Crippen molar-refractivity contribution >= 4 is 5.78 Å². The maximum Gasteiger partial charge on any atom is 0.161 e. The number of carbonyl (C=O) groups excluding carboxylic acids is 1. The van der Waals surface area contributed by atoms with Gasteiger partial charge in [0.05, 0.1) is 6.07 Å². The van der Waals surface area contributed by atoms with Crippen LogP contribution < -0.4 is 0 Å². The van der Waals surface area contributed by atoms with E-state index in [1.165, 1.54) is 6.42 Å². The molecule has 1 saturated carbocycles. The maximum atomic E-state index is 11.8. The molecule has 0 aromatic rings. The Bertz CT molecular complexity index is 353. The lowest BCUT2D eigenvalue weighted by Gasteiger charge is -2.25. The summed E-state index contributed by atoms with van der Waals surface area (Å²) in [6.45, 7) is 0. The van der Waals surface area contributed by atoms with E-state index < -0.39 is 0 Å². The van der Waals surface area contributed by atoms with Crippen LogP contribution in [-0.4, -0.2) is 5.78 Å². The van der Waals surface area contributed by atoms with Gasteiger partial charge in [-0.2, -0.15) is 5.26 Å². The minimum absolute atomic E-state index is 0.290. The van der Waals surface area contributed by atoms with Crippen LogP contribution in [0.4, 0.5) is 0 Å². The summed E-state index contributed by atoms with van der Waals surface area (Å²) in [5, 5.41) is 8.65. The third-order valence-corrected chi connectivity index (χ3v) is 3.09. The zero-order chi connectivity index (χ0) is 9.97. The summed E-state index contributed by atoms with van der Waals surface area (Å²) in [5.74, 6) is 0.614. The predicted octanol–water partition coefficient (Wildman–Crippen LogP) is 2.53. The van der Waals surface area contributed by atoms with Crippen LogP contribution in [0.15, 0.2) is 23.3 Å². The largest absolute Gasteiger partial charge is 0.294 e. The van der Waals surface area contributed by atoms with Crippen molar-refractivity contribution in [3.8, 4) is 6.07 Å². The highest BCUT2D eigenvalue weighted by atomic mass is 16.1. The molecule has 2 aliphatic carbocycles. The first kappa shape index (κ1) is 9.21. The first-order valence-corrected chi connectivity index (χ1v) is 5.15. The van der Waals surface area contributed by atoms with E-state index in [4.69, 9.17) is 5.26 Å². The van der Waals surface area contributed by atoms with Gasteiger partial charge in [-0.3, -0.25) is 4.79 Å². The van der Waals surface area contributed by atoms with Gasteiger partial charge in [0.1, 0.15) is 0 Å². The molecule has 0 atom stereocenters. The van der Waals surface area contributed by atoms with Gasteiger partial charge in [-0.05, 0) is 37.3 Å². The lowest BCUT2D eigenvalue weighted by atomic mass is 9.78. The lowest BCUT2D eigenvalue weighted by Crippen LogP contribution is -2.23. The average molecular weight is 187 g/mol. The fourth-order valence-corrected chi connectivity index (χ4v) is 1.87. The average Bonchev–Trinajstić information content (AvgIpc) is 2.15. The third kappa shape index (κ3) is 1.63. The molecule has 2 rings (SSSR count). The summed E-state index contributed by atoms with van der Waals surface area (Å²) >= 11 is 0. The van der Waals surface area contributed by atoms with Crippen molar-refractivity contribution in [2.45, 2.75) is 32.1 Å². The van der Waals surface area contributed by atoms with Crippen LogP contribution in [0.5, 0.6) is 0 Å². The summed E-state index contributed by atoms with van der Waals surface area (Å²) in [5.41, 5.74) is 1.71. The monoisotopic (exact) mass is 187 g/mol. The molecule has 0 unspecified atom stereocenters. The Morgan fingerprint density at radius 2 is 2.14 bits per heavy atom. The highest BCUT2D eigenvalue weighted by Gasteiger charge is 2.27. The second-order valence-electron chi connectivity index (χ2n) is 3.99. The normalized spacial score (nSPS) is 21.6. The van der Waals surface area contributed by atoms with Gasteiger partial charge in [0.15, 0.2) is 5.78 Å². The number of nitrogens with zero attached hydrogens (tertiary/aromatic N) is 1. The van der Waals surface area contributed by atoms with Crippen molar-refractivity contribution in [2.24, 2.45) is 5.92 Å². The Labute approximate surface area is 83.9 Å². The number of hydrogen-bond donors (Lipinski definition) is 0. The van der Waals surface area contributed by atoms with Crippen molar-refractivity contribution < 1.29 is 4.79 Å². The molecule has 0 heterocycles. The first-order valence-electron chi connectivity index (χ1n) is 5.15. The second-order valence-corrected chi connectivity index (χ2v) is 3.99. The van der Waals surface area contributed by atoms with Crippen molar-refractivity contribution in [2.75, 3.05) is 0 Å². The molecule has 0 aromatic heterocycles. The number of Topliss-reactive ketones (excluding diaryl/α,β-unsaturated/α-hetero) is 1. The number of hydrogen-bond acceptors (Lipinski definition) is 2. The molecular formula is C12H13NO. The minimum Gasteiger partial charge on any atom is -0.294 e. The van der Waals surface area contributed by atoms with Crippen LogP contribution in [0.25, 0.3) is 0 Å². The van der Waals surface area contributed by atoms with E-state index in [2.05, 4.69) is 6.07 Å². The zero-order valence-corrected chi connectivity index (χ0v) is 8.12. The van der Waals surface area contributed by atoms with Gasteiger partial charge < -0.3 is 0 Å². The Balaban J connectivity index is 2.06. The Morgan fingerprint density at radius 3 is 2.57 bits per heavy atom.